The topological polar surface area (TPSA) is 77.0 Å². The number of likely N-dealkylation sites (tertiary alicyclic amines) is 1. The molecule has 1 aliphatic heterocycles. The van der Waals surface area contributed by atoms with E-state index in [1.807, 2.05) is 15.6 Å². The minimum atomic E-state index is 0. The van der Waals surface area contributed by atoms with E-state index in [1.165, 1.54) is 0 Å². The molecule has 152 valence electrons. The maximum Gasteiger partial charge on any atom is 0.254 e. The van der Waals surface area contributed by atoms with Crippen LogP contribution in [-0.4, -0.2) is 44.7 Å². The van der Waals surface area contributed by atoms with E-state index in [0.29, 0.717) is 18.0 Å². The van der Waals surface area contributed by atoms with Crippen LogP contribution in [0.1, 0.15) is 69.1 Å². The number of carbonyl (C=O) groups excluding carboxylic acids is 1. The smallest absolute Gasteiger partial charge is 0.254 e. The molecular formula is C19H31Cl2N5O. The molecule has 27 heavy (non-hydrogen) atoms. The molecule has 2 aromatic rings. The normalized spacial score (nSPS) is 19.5. The Labute approximate surface area is 173 Å². The summed E-state index contributed by atoms with van der Waals surface area (Å²) in [6, 6.07) is 2.36. The van der Waals surface area contributed by atoms with Crippen LogP contribution in [-0.2, 0) is 0 Å². The molecule has 1 amide bonds. The van der Waals surface area contributed by atoms with Gasteiger partial charge >= 0.3 is 0 Å². The third-order valence-corrected chi connectivity index (χ3v) is 5.15. The van der Waals surface area contributed by atoms with Crippen molar-refractivity contribution in [2.75, 3.05) is 13.1 Å². The van der Waals surface area contributed by atoms with Gasteiger partial charge in [-0.1, -0.05) is 13.8 Å². The number of amides is 1. The lowest BCUT2D eigenvalue weighted by atomic mass is 10.0. The highest BCUT2D eigenvalue weighted by atomic mass is 35.5. The van der Waals surface area contributed by atoms with Crippen LogP contribution in [0.5, 0.6) is 0 Å². The van der Waals surface area contributed by atoms with Gasteiger partial charge in [-0.25, -0.2) is 9.67 Å². The number of nitrogens with two attached hydrogens (primary N) is 1. The zero-order valence-corrected chi connectivity index (χ0v) is 18.3. The lowest BCUT2D eigenvalue weighted by Crippen LogP contribution is -2.34. The van der Waals surface area contributed by atoms with Crippen LogP contribution in [0.2, 0.25) is 0 Å². The van der Waals surface area contributed by atoms with Crippen molar-refractivity contribution in [1.29, 1.82) is 0 Å². The number of halogens is 2. The maximum absolute atomic E-state index is 13.3. The minimum absolute atomic E-state index is 0. The van der Waals surface area contributed by atoms with Crippen molar-refractivity contribution in [3.05, 3.63) is 23.5 Å². The van der Waals surface area contributed by atoms with E-state index >= 15 is 0 Å². The predicted octanol–water partition coefficient (Wildman–Crippen LogP) is 3.79. The lowest BCUT2D eigenvalue weighted by molar-refractivity contribution is 0.0745. The summed E-state index contributed by atoms with van der Waals surface area (Å²) in [5, 5.41) is 5.32. The van der Waals surface area contributed by atoms with Crippen molar-refractivity contribution in [3.8, 4) is 0 Å². The molecule has 2 aromatic heterocycles. The fourth-order valence-electron chi connectivity index (χ4n) is 3.64. The molecule has 1 aliphatic rings. The third-order valence-electron chi connectivity index (χ3n) is 5.15. The number of nitrogens with zero attached hydrogens (tertiary/aromatic N) is 4. The highest BCUT2D eigenvalue weighted by Gasteiger charge is 2.33. The highest BCUT2D eigenvalue weighted by Crippen LogP contribution is 2.29. The summed E-state index contributed by atoms with van der Waals surface area (Å²) in [5.41, 5.74) is 8.27. The molecule has 2 unspecified atom stereocenters. The molecule has 0 aliphatic carbocycles. The van der Waals surface area contributed by atoms with Gasteiger partial charge < -0.3 is 10.6 Å². The van der Waals surface area contributed by atoms with E-state index in [-0.39, 0.29) is 48.7 Å². The van der Waals surface area contributed by atoms with Crippen molar-refractivity contribution in [1.82, 2.24) is 19.7 Å². The van der Waals surface area contributed by atoms with E-state index in [2.05, 4.69) is 39.7 Å². The first kappa shape index (κ1) is 23.7. The fraction of sp³-hybridized carbons (Fsp3) is 0.632. The van der Waals surface area contributed by atoms with Crippen molar-refractivity contribution >= 4 is 41.8 Å². The second-order valence-corrected chi connectivity index (χ2v) is 7.81. The van der Waals surface area contributed by atoms with Gasteiger partial charge in [-0.15, -0.1) is 24.8 Å². The predicted molar refractivity (Wildman–Crippen MR) is 114 cm³/mol. The van der Waals surface area contributed by atoms with Crippen LogP contribution in [0.3, 0.4) is 0 Å². The van der Waals surface area contributed by atoms with Crippen LogP contribution in [0.4, 0.5) is 0 Å². The summed E-state index contributed by atoms with van der Waals surface area (Å²) < 4.78 is 1.90. The number of fused-ring (bicyclic) bond motifs is 1. The van der Waals surface area contributed by atoms with E-state index in [0.717, 1.165) is 29.7 Å². The van der Waals surface area contributed by atoms with Crippen molar-refractivity contribution in [3.63, 3.8) is 0 Å². The molecule has 3 rings (SSSR count). The van der Waals surface area contributed by atoms with Gasteiger partial charge in [0.2, 0.25) is 0 Å². The van der Waals surface area contributed by atoms with Gasteiger partial charge in [-0.05, 0) is 51.6 Å². The molecule has 1 fully saturated rings. The Morgan fingerprint density at radius 1 is 1.30 bits per heavy atom. The van der Waals surface area contributed by atoms with Gasteiger partial charge in [0.25, 0.3) is 5.91 Å². The largest absolute Gasteiger partial charge is 0.336 e. The number of hydrogen-bond acceptors (Lipinski definition) is 4. The Kier molecular flexibility index (Phi) is 8.08. The average Bonchev–Trinajstić information content (AvgIpc) is 3.16. The molecule has 3 heterocycles. The Morgan fingerprint density at radius 3 is 2.48 bits per heavy atom. The Morgan fingerprint density at radius 2 is 1.96 bits per heavy atom. The molecule has 0 aromatic carbocycles. The van der Waals surface area contributed by atoms with Gasteiger partial charge in [0.15, 0.2) is 5.65 Å². The Bertz CT molecular complexity index is 790. The molecular weight excluding hydrogens is 385 g/mol. The number of hydrogen-bond donors (Lipinski definition) is 1. The zero-order chi connectivity index (χ0) is 18.3. The molecule has 0 bridgehead atoms. The zero-order valence-electron chi connectivity index (χ0n) is 16.7. The molecule has 0 saturated carbocycles. The van der Waals surface area contributed by atoms with E-state index in [9.17, 15) is 4.79 Å². The number of aromatic nitrogens is 3. The van der Waals surface area contributed by atoms with Crippen molar-refractivity contribution < 1.29 is 4.79 Å². The van der Waals surface area contributed by atoms with E-state index in [4.69, 9.17) is 10.7 Å². The Balaban J connectivity index is 0.00000182. The van der Waals surface area contributed by atoms with Gasteiger partial charge in [-0.2, -0.15) is 5.10 Å². The van der Waals surface area contributed by atoms with Crippen molar-refractivity contribution in [2.45, 2.75) is 59.0 Å². The van der Waals surface area contributed by atoms with Gasteiger partial charge in [0, 0.05) is 24.3 Å². The van der Waals surface area contributed by atoms with Crippen LogP contribution in [0, 0.1) is 5.92 Å². The van der Waals surface area contributed by atoms with Crippen molar-refractivity contribution in [2.24, 2.45) is 11.7 Å². The molecule has 0 radical (unpaired) electrons. The average molecular weight is 416 g/mol. The van der Waals surface area contributed by atoms with Gasteiger partial charge in [0.1, 0.15) is 0 Å². The minimum Gasteiger partial charge on any atom is -0.336 e. The summed E-state index contributed by atoms with van der Waals surface area (Å²) in [6.45, 7) is 11.8. The van der Waals surface area contributed by atoms with Crippen LogP contribution < -0.4 is 5.73 Å². The molecule has 0 spiro atoms. The van der Waals surface area contributed by atoms with Gasteiger partial charge in [0.05, 0.1) is 17.1 Å². The number of pyridine rings is 1. The second-order valence-electron chi connectivity index (χ2n) is 7.81. The second kappa shape index (κ2) is 9.22. The molecule has 6 nitrogen and oxygen atoms in total. The maximum atomic E-state index is 13.3. The summed E-state index contributed by atoms with van der Waals surface area (Å²) in [5.74, 6) is 0.708. The molecule has 2 atom stereocenters. The molecule has 1 saturated heterocycles. The number of rotatable bonds is 4. The third kappa shape index (κ3) is 4.39. The standard InChI is InChI=1S/C19H29N5O.2ClH/c1-11(2)17-7-15(16-9-21-24(12(3)4)18(16)22-17)19(25)23-10-14(8-20)6-13(23)5;;/h7,9,11-14H,6,8,10,20H2,1-5H3;2*1H. The van der Waals surface area contributed by atoms with Crippen LogP contribution >= 0.6 is 24.8 Å². The summed E-state index contributed by atoms with van der Waals surface area (Å²) in [6.07, 6.45) is 2.75. The van der Waals surface area contributed by atoms with Crippen LogP contribution in [0.15, 0.2) is 12.3 Å². The first-order chi connectivity index (χ1) is 11.8. The highest BCUT2D eigenvalue weighted by molar-refractivity contribution is 6.05. The molecule has 8 heteroatoms. The van der Waals surface area contributed by atoms with Gasteiger partial charge in [-0.3, -0.25) is 4.79 Å². The first-order valence-electron chi connectivity index (χ1n) is 9.22. The monoisotopic (exact) mass is 415 g/mol. The fourth-order valence-corrected chi connectivity index (χ4v) is 3.64. The summed E-state index contributed by atoms with van der Waals surface area (Å²) in [4.78, 5) is 20.1. The van der Waals surface area contributed by atoms with E-state index in [1.54, 1.807) is 6.20 Å². The lowest BCUT2D eigenvalue weighted by Gasteiger charge is -2.22. The van der Waals surface area contributed by atoms with E-state index < -0.39 is 0 Å². The first-order valence-corrected chi connectivity index (χ1v) is 9.22. The Hall–Kier alpha value is -1.37. The SMILES string of the molecule is CC(C)c1cc(C(=O)N2CC(CN)CC2C)c2cnn(C(C)C)c2n1.Cl.Cl. The number of carbonyl (C=O) groups is 1. The molecule has 2 N–H and O–H groups in total. The quantitative estimate of drug-likeness (QED) is 0.823. The van der Waals surface area contributed by atoms with Crippen LogP contribution in [0.25, 0.3) is 11.0 Å². The summed E-state index contributed by atoms with van der Waals surface area (Å²) >= 11 is 0. The summed E-state index contributed by atoms with van der Waals surface area (Å²) in [7, 11) is 0.